The van der Waals surface area contributed by atoms with Crippen LogP contribution in [0.2, 0.25) is 0 Å². The van der Waals surface area contributed by atoms with Crippen LogP contribution in [0, 0.1) is 13.8 Å². The highest BCUT2D eigenvalue weighted by Gasteiger charge is 2.29. The van der Waals surface area contributed by atoms with Gasteiger partial charge in [0.2, 0.25) is 0 Å². The Balaban J connectivity index is 2.71. The van der Waals surface area contributed by atoms with Gasteiger partial charge in [0.1, 0.15) is 0 Å². The molecule has 0 spiro atoms. The third-order valence-electron chi connectivity index (χ3n) is 2.09. The molecule has 1 aromatic carbocycles. The zero-order valence-corrected chi connectivity index (χ0v) is 11.3. The molecule has 0 bridgehead atoms. The second-order valence-corrected chi connectivity index (χ2v) is 4.65. The molecule has 1 aromatic rings. The van der Waals surface area contributed by atoms with Gasteiger partial charge in [0.25, 0.3) is 0 Å². The van der Waals surface area contributed by atoms with E-state index in [-0.39, 0.29) is 0 Å². The summed E-state index contributed by atoms with van der Waals surface area (Å²) in [5, 5.41) is 2.30. The number of amides is 1. The molecular weight excluding hydrogens is 315 g/mol. The molecule has 0 fully saturated rings. The Morgan fingerprint density at radius 2 is 1.83 bits per heavy atom. The number of rotatable bonds is 2. The van der Waals surface area contributed by atoms with Crippen molar-refractivity contribution in [3.8, 4) is 0 Å². The minimum absolute atomic E-state index is 0.449. The number of alkyl halides is 3. The molecule has 1 rings (SSSR count). The molecule has 0 saturated carbocycles. The van der Waals surface area contributed by atoms with Crippen LogP contribution < -0.4 is 5.32 Å². The van der Waals surface area contributed by atoms with E-state index in [9.17, 15) is 18.0 Å². The maximum Gasteiger partial charge on any atom is 0.422 e. The molecule has 0 heterocycles. The molecule has 0 saturated heterocycles. The third kappa shape index (κ3) is 4.56. The third-order valence-corrected chi connectivity index (χ3v) is 2.55. The van der Waals surface area contributed by atoms with E-state index in [2.05, 4.69) is 26.0 Å². The van der Waals surface area contributed by atoms with Crippen molar-refractivity contribution in [2.75, 3.05) is 11.9 Å². The van der Waals surface area contributed by atoms with Crippen molar-refractivity contribution in [3.63, 3.8) is 0 Å². The Morgan fingerprint density at radius 1 is 1.33 bits per heavy atom. The number of ether oxygens (including phenoxy) is 1. The SMILES string of the molecule is Cc1cc(Br)cc(C)c1NC(=O)OCC(F)(F)F. The van der Waals surface area contributed by atoms with Crippen molar-refractivity contribution in [1.29, 1.82) is 0 Å². The van der Waals surface area contributed by atoms with E-state index < -0.39 is 18.9 Å². The lowest BCUT2D eigenvalue weighted by Crippen LogP contribution is -2.23. The van der Waals surface area contributed by atoms with E-state index in [1.165, 1.54) is 0 Å². The summed E-state index contributed by atoms with van der Waals surface area (Å²) >= 11 is 3.28. The number of hydrogen-bond donors (Lipinski definition) is 1. The standard InChI is InChI=1S/C11H11BrF3NO2/c1-6-3-8(12)4-7(2)9(6)16-10(17)18-5-11(13,14)15/h3-4H,5H2,1-2H3,(H,16,17). The number of carbonyl (C=O) groups is 1. The highest BCUT2D eigenvalue weighted by molar-refractivity contribution is 9.10. The Kier molecular flexibility index (Phi) is 4.61. The summed E-state index contributed by atoms with van der Waals surface area (Å²) in [4.78, 5) is 11.2. The lowest BCUT2D eigenvalue weighted by molar-refractivity contribution is -0.159. The van der Waals surface area contributed by atoms with Crippen LogP contribution in [0.15, 0.2) is 16.6 Å². The van der Waals surface area contributed by atoms with Gasteiger partial charge in [0, 0.05) is 10.2 Å². The monoisotopic (exact) mass is 325 g/mol. The van der Waals surface area contributed by atoms with Crippen molar-refractivity contribution in [3.05, 3.63) is 27.7 Å². The number of carbonyl (C=O) groups excluding carboxylic acids is 1. The fourth-order valence-electron chi connectivity index (χ4n) is 1.39. The highest BCUT2D eigenvalue weighted by atomic mass is 79.9. The average Bonchev–Trinajstić information content (AvgIpc) is 2.19. The van der Waals surface area contributed by atoms with E-state index in [1.54, 1.807) is 26.0 Å². The summed E-state index contributed by atoms with van der Waals surface area (Å²) in [6.45, 7) is 1.86. The number of benzene rings is 1. The molecule has 7 heteroatoms. The summed E-state index contributed by atoms with van der Waals surface area (Å²) in [5.74, 6) is 0. The Bertz CT molecular complexity index is 437. The predicted octanol–water partition coefficient (Wildman–Crippen LogP) is 4.18. The van der Waals surface area contributed by atoms with Crippen molar-refractivity contribution in [2.45, 2.75) is 20.0 Å². The molecule has 18 heavy (non-hydrogen) atoms. The summed E-state index contributed by atoms with van der Waals surface area (Å²) in [5.41, 5.74) is 1.90. The molecule has 100 valence electrons. The quantitative estimate of drug-likeness (QED) is 0.885. The van der Waals surface area contributed by atoms with Gasteiger partial charge in [-0.3, -0.25) is 5.32 Å². The smallest absolute Gasteiger partial charge is 0.422 e. The summed E-state index contributed by atoms with van der Waals surface area (Å²) in [7, 11) is 0. The average molecular weight is 326 g/mol. The first-order valence-corrected chi connectivity index (χ1v) is 5.75. The largest absolute Gasteiger partial charge is 0.440 e. The van der Waals surface area contributed by atoms with Gasteiger partial charge in [-0.2, -0.15) is 13.2 Å². The molecule has 3 nitrogen and oxygen atoms in total. The minimum Gasteiger partial charge on any atom is -0.440 e. The van der Waals surface area contributed by atoms with E-state index in [0.717, 1.165) is 15.6 Å². The van der Waals surface area contributed by atoms with E-state index >= 15 is 0 Å². The Morgan fingerprint density at radius 3 is 2.28 bits per heavy atom. The Labute approximate surface area is 110 Å². The fourth-order valence-corrected chi connectivity index (χ4v) is 2.08. The number of anilines is 1. The summed E-state index contributed by atoms with van der Waals surface area (Å²) < 4.78 is 40.5. The normalized spacial score (nSPS) is 11.2. The number of halogens is 4. The van der Waals surface area contributed by atoms with Crippen molar-refractivity contribution >= 4 is 27.7 Å². The van der Waals surface area contributed by atoms with E-state index in [1.807, 2.05) is 0 Å². The van der Waals surface area contributed by atoms with Gasteiger partial charge in [-0.15, -0.1) is 0 Å². The van der Waals surface area contributed by atoms with Gasteiger partial charge in [-0.1, -0.05) is 15.9 Å². The van der Waals surface area contributed by atoms with Gasteiger partial charge >= 0.3 is 12.3 Å². The van der Waals surface area contributed by atoms with Gasteiger partial charge in [0.05, 0.1) is 0 Å². The number of nitrogens with one attached hydrogen (secondary N) is 1. The maximum absolute atomic E-state index is 11.9. The molecule has 0 aliphatic rings. The lowest BCUT2D eigenvalue weighted by atomic mass is 10.1. The number of aryl methyl sites for hydroxylation is 2. The molecule has 0 aliphatic heterocycles. The van der Waals surface area contributed by atoms with Crippen LogP contribution in [0.1, 0.15) is 11.1 Å². The zero-order valence-electron chi connectivity index (χ0n) is 9.69. The zero-order chi connectivity index (χ0) is 13.9. The first-order valence-electron chi connectivity index (χ1n) is 4.96. The van der Waals surface area contributed by atoms with Crippen LogP contribution in [0.3, 0.4) is 0 Å². The predicted molar refractivity (Wildman–Crippen MR) is 64.6 cm³/mol. The van der Waals surface area contributed by atoms with Crippen LogP contribution in [0.4, 0.5) is 23.7 Å². The topological polar surface area (TPSA) is 38.3 Å². The molecule has 1 amide bonds. The van der Waals surface area contributed by atoms with E-state index in [0.29, 0.717) is 5.69 Å². The van der Waals surface area contributed by atoms with Crippen LogP contribution in [0.5, 0.6) is 0 Å². The molecular formula is C11H11BrF3NO2. The summed E-state index contributed by atoms with van der Waals surface area (Å²) in [6.07, 6.45) is -5.65. The fraction of sp³-hybridized carbons (Fsp3) is 0.364. The second-order valence-electron chi connectivity index (χ2n) is 3.73. The number of hydrogen-bond acceptors (Lipinski definition) is 2. The Hall–Kier alpha value is -1.24. The van der Waals surface area contributed by atoms with Crippen LogP contribution in [0.25, 0.3) is 0 Å². The van der Waals surface area contributed by atoms with Crippen LogP contribution >= 0.6 is 15.9 Å². The van der Waals surface area contributed by atoms with Gasteiger partial charge < -0.3 is 4.74 Å². The molecule has 0 radical (unpaired) electrons. The van der Waals surface area contributed by atoms with Gasteiger partial charge in [-0.25, -0.2) is 4.79 Å². The first kappa shape index (κ1) is 14.8. The lowest BCUT2D eigenvalue weighted by Gasteiger charge is -2.13. The van der Waals surface area contributed by atoms with Crippen molar-refractivity contribution < 1.29 is 22.7 Å². The summed E-state index contributed by atoms with van der Waals surface area (Å²) in [6, 6.07) is 3.48. The van der Waals surface area contributed by atoms with E-state index in [4.69, 9.17) is 0 Å². The highest BCUT2D eigenvalue weighted by Crippen LogP contribution is 2.25. The second kappa shape index (κ2) is 5.60. The maximum atomic E-state index is 11.9. The van der Waals surface area contributed by atoms with Crippen LogP contribution in [-0.2, 0) is 4.74 Å². The van der Waals surface area contributed by atoms with Crippen LogP contribution in [-0.4, -0.2) is 18.9 Å². The minimum atomic E-state index is -4.53. The molecule has 0 aromatic heterocycles. The molecule has 0 aliphatic carbocycles. The van der Waals surface area contributed by atoms with Crippen molar-refractivity contribution in [1.82, 2.24) is 0 Å². The molecule has 0 atom stereocenters. The van der Waals surface area contributed by atoms with Gasteiger partial charge in [0.15, 0.2) is 6.61 Å². The molecule has 0 unspecified atom stereocenters. The van der Waals surface area contributed by atoms with Gasteiger partial charge in [-0.05, 0) is 37.1 Å². The van der Waals surface area contributed by atoms with Crippen molar-refractivity contribution in [2.24, 2.45) is 0 Å². The molecule has 1 N–H and O–H groups in total. The first-order chi connectivity index (χ1) is 8.19.